The maximum atomic E-state index is 2.42. The highest BCUT2D eigenvalue weighted by Gasteiger charge is 2.33. The molecule has 1 saturated carbocycles. The Labute approximate surface area is 81.0 Å². The lowest BCUT2D eigenvalue weighted by molar-refractivity contribution is 0.457. The van der Waals surface area contributed by atoms with Gasteiger partial charge in [0, 0.05) is 0 Å². The fraction of sp³-hybridized carbons (Fsp3) is 0.538. The molecule has 0 bridgehead atoms. The van der Waals surface area contributed by atoms with Gasteiger partial charge in [-0.15, -0.1) is 0 Å². The molecule has 70 valence electrons. The van der Waals surface area contributed by atoms with Gasteiger partial charge in [-0.3, -0.25) is 0 Å². The predicted octanol–water partition coefficient (Wildman–Crippen LogP) is 3.87. The van der Waals surface area contributed by atoms with Crippen LogP contribution in [0.2, 0.25) is 0 Å². The Kier molecular flexibility index (Phi) is 2.39. The molecular formula is C13H18. The molecule has 0 nitrogen and oxygen atoms in total. The molecule has 1 fully saturated rings. The van der Waals surface area contributed by atoms with Crippen LogP contribution in [0.5, 0.6) is 0 Å². The van der Waals surface area contributed by atoms with E-state index < -0.39 is 0 Å². The van der Waals surface area contributed by atoms with Crippen molar-refractivity contribution in [3.05, 3.63) is 35.5 Å². The lowest BCUT2D eigenvalue weighted by Gasteiger charge is -2.20. The Bertz CT molecular complexity index is 278. The third-order valence-electron chi connectivity index (χ3n) is 3.43. The fourth-order valence-electron chi connectivity index (χ4n) is 2.79. The zero-order valence-electron chi connectivity index (χ0n) is 8.59. The van der Waals surface area contributed by atoms with Gasteiger partial charge in [0.2, 0.25) is 0 Å². The van der Waals surface area contributed by atoms with Crippen LogP contribution in [0.3, 0.4) is 0 Å². The van der Waals surface area contributed by atoms with Gasteiger partial charge in [-0.1, -0.05) is 24.3 Å². The standard InChI is InChI=1S/C13H18/c1-3-10-9-11-7-5-6-8-13(11)12(10)4-2/h3-5,7,11,13H,6,8-9H2,1-2H3/b10-3-,12-4+. The summed E-state index contributed by atoms with van der Waals surface area (Å²) in [5, 5.41) is 0. The smallest absolute Gasteiger partial charge is 0.00935 e. The van der Waals surface area contributed by atoms with Gasteiger partial charge in [0.1, 0.15) is 0 Å². The molecule has 0 saturated heterocycles. The van der Waals surface area contributed by atoms with Gasteiger partial charge in [0.15, 0.2) is 0 Å². The Morgan fingerprint density at radius 3 is 2.85 bits per heavy atom. The van der Waals surface area contributed by atoms with Gasteiger partial charge in [-0.2, -0.15) is 0 Å². The highest BCUT2D eigenvalue weighted by molar-refractivity contribution is 5.40. The van der Waals surface area contributed by atoms with E-state index >= 15 is 0 Å². The monoisotopic (exact) mass is 174 g/mol. The van der Waals surface area contributed by atoms with Gasteiger partial charge in [0.05, 0.1) is 0 Å². The summed E-state index contributed by atoms with van der Waals surface area (Å²) in [5.74, 6) is 1.65. The molecule has 2 unspecified atom stereocenters. The summed E-state index contributed by atoms with van der Waals surface area (Å²) in [6, 6.07) is 0. The van der Waals surface area contributed by atoms with Crippen molar-refractivity contribution in [1.29, 1.82) is 0 Å². The molecule has 0 radical (unpaired) electrons. The molecule has 0 aromatic carbocycles. The van der Waals surface area contributed by atoms with Crippen LogP contribution >= 0.6 is 0 Å². The van der Waals surface area contributed by atoms with E-state index in [2.05, 4.69) is 38.2 Å². The van der Waals surface area contributed by atoms with E-state index in [1.165, 1.54) is 19.3 Å². The van der Waals surface area contributed by atoms with Crippen LogP contribution in [0.4, 0.5) is 0 Å². The maximum Gasteiger partial charge on any atom is -0.00935 e. The van der Waals surface area contributed by atoms with Crippen molar-refractivity contribution in [3.63, 3.8) is 0 Å². The minimum absolute atomic E-state index is 0.811. The number of rotatable bonds is 0. The Morgan fingerprint density at radius 2 is 2.15 bits per heavy atom. The highest BCUT2D eigenvalue weighted by atomic mass is 14.4. The van der Waals surface area contributed by atoms with Crippen molar-refractivity contribution in [2.24, 2.45) is 11.8 Å². The van der Waals surface area contributed by atoms with Gasteiger partial charge in [-0.05, 0) is 56.1 Å². The molecule has 0 heteroatoms. The first kappa shape index (κ1) is 8.80. The number of allylic oxidation sites excluding steroid dienone is 6. The minimum Gasteiger partial charge on any atom is -0.0882 e. The largest absolute Gasteiger partial charge is 0.0882 e. The molecule has 0 aromatic heterocycles. The molecule has 0 spiro atoms. The van der Waals surface area contributed by atoms with Crippen molar-refractivity contribution in [2.75, 3.05) is 0 Å². The SMILES string of the molecule is C/C=C1/CC2C=CCCC2/C1=C/C. The third-order valence-corrected chi connectivity index (χ3v) is 3.43. The van der Waals surface area contributed by atoms with Gasteiger partial charge in [0.25, 0.3) is 0 Å². The summed E-state index contributed by atoms with van der Waals surface area (Å²) >= 11 is 0. The quantitative estimate of drug-likeness (QED) is 0.489. The molecule has 0 aromatic rings. The molecule has 13 heavy (non-hydrogen) atoms. The van der Waals surface area contributed by atoms with Gasteiger partial charge in [-0.25, -0.2) is 0 Å². The first-order valence-corrected chi connectivity index (χ1v) is 5.35. The molecule has 2 atom stereocenters. The molecule has 0 amide bonds. The maximum absolute atomic E-state index is 2.42. The summed E-state index contributed by atoms with van der Waals surface area (Å²) in [7, 11) is 0. The second kappa shape index (κ2) is 3.53. The first-order valence-electron chi connectivity index (χ1n) is 5.35. The molecule has 2 aliphatic carbocycles. The van der Waals surface area contributed by atoms with E-state index in [0.29, 0.717) is 0 Å². The third kappa shape index (κ3) is 1.39. The van der Waals surface area contributed by atoms with E-state index in [4.69, 9.17) is 0 Å². The summed E-state index contributed by atoms with van der Waals surface area (Å²) in [4.78, 5) is 0. The number of hydrogen-bond donors (Lipinski definition) is 0. The van der Waals surface area contributed by atoms with E-state index in [0.717, 1.165) is 11.8 Å². The van der Waals surface area contributed by atoms with E-state index in [-0.39, 0.29) is 0 Å². The average Bonchev–Trinajstić information content (AvgIpc) is 2.55. The van der Waals surface area contributed by atoms with Gasteiger partial charge < -0.3 is 0 Å². The molecular weight excluding hydrogens is 156 g/mol. The summed E-state index contributed by atoms with van der Waals surface area (Å²) < 4.78 is 0. The lowest BCUT2D eigenvalue weighted by Crippen LogP contribution is -2.09. The van der Waals surface area contributed by atoms with Crippen molar-refractivity contribution in [1.82, 2.24) is 0 Å². The Balaban J connectivity index is 2.32. The second-order valence-corrected chi connectivity index (χ2v) is 4.04. The molecule has 0 aliphatic heterocycles. The van der Waals surface area contributed by atoms with E-state index in [1.807, 2.05) is 0 Å². The zero-order chi connectivity index (χ0) is 9.26. The minimum atomic E-state index is 0.811. The van der Waals surface area contributed by atoms with E-state index in [9.17, 15) is 0 Å². The van der Waals surface area contributed by atoms with Crippen molar-refractivity contribution >= 4 is 0 Å². The summed E-state index contributed by atoms with van der Waals surface area (Å²) in [6.07, 6.45) is 13.3. The van der Waals surface area contributed by atoms with Crippen LogP contribution in [0.25, 0.3) is 0 Å². The van der Waals surface area contributed by atoms with Crippen LogP contribution in [0.15, 0.2) is 35.5 Å². The Hall–Kier alpha value is -0.780. The topological polar surface area (TPSA) is 0 Å². The number of fused-ring (bicyclic) bond motifs is 1. The van der Waals surface area contributed by atoms with E-state index in [1.54, 1.807) is 11.1 Å². The summed E-state index contributed by atoms with van der Waals surface area (Å²) in [5.41, 5.74) is 3.21. The van der Waals surface area contributed by atoms with Crippen molar-refractivity contribution < 1.29 is 0 Å². The van der Waals surface area contributed by atoms with Crippen LogP contribution in [-0.2, 0) is 0 Å². The molecule has 0 heterocycles. The molecule has 0 N–H and O–H groups in total. The number of hydrogen-bond acceptors (Lipinski definition) is 0. The average molecular weight is 174 g/mol. The molecule has 2 rings (SSSR count). The van der Waals surface area contributed by atoms with Crippen LogP contribution in [0.1, 0.15) is 33.1 Å². The fourth-order valence-corrected chi connectivity index (χ4v) is 2.79. The lowest BCUT2D eigenvalue weighted by atomic mass is 9.85. The normalized spacial score (nSPS) is 38.6. The van der Waals surface area contributed by atoms with Crippen LogP contribution in [-0.4, -0.2) is 0 Å². The second-order valence-electron chi connectivity index (χ2n) is 4.04. The predicted molar refractivity (Wildman–Crippen MR) is 57.5 cm³/mol. The van der Waals surface area contributed by atoms with Crippen molar-refractivity contribution in [3.8, 4) is 0 Å². The highest BCUT2D eigenvalue weighted by Crippen LogP contribution is 2.45. The van der Waals surface area contributed by atoms with Crippen LogP contribution < -0.4 is 0 Å². The Morgan fingerprint density at radius 1 is 1.31 bits per heavy atom. The van der Waals surface area contributed by atoms with Crippen LogP contribution in [0, 0.1) is 11.8 Å². The first-order chi connectivity index (χ1) is 6.36. The summed E-state index contributed by atoms with van der Waals surface area (Å²) in [6.45, 7) is 4.35. The molecule has 2 aliphatic rings. The van der Waals surface area contributed by atoms with Crippen molar-refractivity contribution in [2.45, 2.75) is 33.1 Å². The van der Waals surface area contributed by atoms with Gasteiger partial charge >= 0.3 is 0 Å². The zero-order valence-corrected chi connectivity index (χ0v) is 8.59.